The Balaban J connectivity index is 1.84. The maximum atomic E-state index is 13.3. The molecule has 2 N–H and O–H groups in total. The molecule has 2 fully saturated rings. The smallest absolute Gasteiger partial charge is 0.399 e. The fourth-order valence-electron chi connectivity index (χ4n) is 3.39. The number of fused-ring (bicyclic) bond motifs is 1. The van der Waals surface area contributed by atoms with Gasteiger partial charge in [-0.05, 0) is 55.2 Å². The topological polar surface area (TPSA) is 43.8 Å². The Morgan fingerprint density at radius 2 is 2.00 bits per heavy atom. The lowest BCUT2D eigenvalue weighted by Crippen LogP contribution is -2.20. The minimum atomic E-state index is -4.44. The van der Waals surface area contributed by atoms with Gasteiger partial charge < -0.3 is 10.3 Å². The molecule has 112 valence electrons. The molecule has 2 saturated carbocycles. The Kier molecular flexibility index (Phi) is 2.43. The molecule has 0 unspecified atom stereocenters. The number of nitrogens with zero attached hydrogens (tertiary/aromatic N) is 2. The third-order valence-electron chi connectivity index (χ3n) is 4.83. The van der Waals surface area contributed by atoms with Gasteiger partial charge in [0, 0.05) is 12.2 Å². The zero-order valence-corrected chi connectivity index (χ0v) is 11.5. The first-order valence-electron chi connectivity index (χ1n) is 7.22. The van der Waals surface area contributed by atoms with Crippen molar-refractivity contribution in [2.45, 2.75) is 38.4 Å². The van der Waals surface area contributed by atoms with Crippen LogP contribution < -0.4 is 5.73 Å². The fraction of sp³-hybridized carbons (Fsp3) is 0.533. The van der Waals surface area contributed by atoms with Gasteiger partial charge in [-0.15, -0.1) is 0 Å². The molecule has 2 aliphatic carbocycles. The van der Waals surface area contributed by atoms with E-state index in [4.69, 9.17) is 5.73 Å². The lowest BCUT2D eigenvalue weighted by Gasteiger charge is -2.18. The number of aromatic nitrogens is 2. The van der Waals surface area contributed by atoms with E-state index in [0.29, 0.717) is 29.2 Å². The van der Waals surface area contributed by atoms with E-state index < -0.39 is 12.0 Å². The van der Waals surface area contributed by atoms with Crippen LogP contribution in [-0.2, 0) is 12.7 Å². The quantitative estimate of drug-likeness (QED) is 0.875. The summed E-state index contributed by atoms with van der Waals surface area (Å²) in [6.07, 6.45) is -0.0670. The zero-order chi connectivity index (χ0) is 14.8. The molecular formula is C15H16F3N3. The summed E-state index contributed by atoms with van der Waals surface area (Å²) in [4.78, 5) is 3.79. The van der Waals surface area contributed by atoms with Crippen molar-refractivity contribution in [3.63, 3.8) is 0 Å². The van der Waals surface area contributed by atoms with Crippen molar-refractivity contribution in [3.8, 4) is 0 Å². The summed E-state index contributed by atoms with van der Waals surface area (Å²) in [6, 6.07) is 4.80. The summed E-state index contributed by atoms with van der Waals surface area (Å²) in [5, 5.41) is 0. The van der Waals surface area contributed by atoms with Gasteiger partial charge in [0.15, 0.2) is 0 Å². The van der Waals surface area contributed by atoms with E-state index in [9.17, 15) is 13.2 Å². The molecule has 3 nitrogen and oxygen atoms in total. The number of anilines is 1. The number of nitrogens with two attached hydrogens (primary N) is 1. The van der Waals surface area contributed by atoms with Crippen molar-refractivity contribution in [2.75, 3.05) is 5.73 Å². The Labute approximate surface area is 119 Å². The van der Waals surface area contributed by atoms with Crippen molar-refractivity contribution in [1.82, 2.24) is 9.55 Å². The fourth-order valence-corrected chi connectivity index (χ4v) is 3.39. The van der Waals surface area contributed by atoms with Gasteiger partial charge in [-0.3, -0.25) is 0 Å². The number of alkyl halides is 3. The van der Waals surface area contributed by atoms with Gasteiger partial charge in [-0.1, -0.05) is 0 Å². The van der Waals surface area contributed by atoms with E-state index in [-0.39, 0.29) is 5.41 Å². The molecule has 0 spiro atoms. The maximum absolute atomic E-state index is 13.3. The van der Waals surface area contributed by atoms with Gasteiger partial charge in [-0.25, -0.2) is 4.98 Å². The standard InChI is InChI=1S/C15H16F3N3/c16-15(17,18)13-20-11-7-10(19)3-4-12(11)21(13)8-14(5-6-14)9-1-2-9/h3-4,7,9H,1-2,5-6,8,19H2. The predicted molar refractivity (Wildman–Crippen MR) is 73.5 cm³/mol. The number of benzene rings is 1. The van der Waals surface area contributed by atoms with Crippen LogP contribution in [0, 0.1) is 11.3 Å². The predicted octanol–water partition coefficient (Wildman–Crippen LogP) is 3.83. The van der Waals surface area contributed by atoms with Gasteiger partial charge in [-0.2, -0.15) is 13.2 Å². The van der Waals surface area contributed by atoms with Crippen molar-refractivity contribution >= 4 is 16.7 Å². The molecule has 0 bridgehead atoms. The monoisotopic (exact) mass is 295 g/mol. The van der Waals surface area contributed by atoms with E-state index in [0.717, 1.165) is 25.7 Å². The minimum absolute atomic E-state index is 0.0784. The molecule has 0 atom stereocenters. The second-order valence-electron chi connectivity index (χ2n) is 6.40. The highest BCUT2D eigenvalue weighted by Gasteiger charge is 2.54. The van der Waals surface area contributed by atoms with Crippen LogP contribution in [0.2, 0.25) is 0 Å². The van der Waals surface area contributed by atoms with E-state index in [1.54, 1.807) is 12.1 Å². The Morgan fingerprint density at radius 3 is 2.57 bits per heavy atom. The summed E-state index contributed by atoms with van der Waals surface area (Å²) in [5.74, 6) is -0.195. The summed E-state index contributed by atoms with van der Waals surface area (Å²) in [6.45, 7) is 0.424. The van der Waals surface area contributed by atoms with Gasteiger partial charge >= 0.3 is 6.18 Å². The lowest BCUT2D eigenvalue weighted by molar-refractivity contribution is -0.147. The highest BCUT2D eigenvalue weighted by atomic mass is 19.4. The van der Waals surface area contributed by atoms with E-state index in [1.165, 1.54) is 10.6 Å². The Hall–Kier alpha value is -1.72. The summed E-state index contributed by atoms with van der Waals surface area (Å²) in [5.41, 5.74) is 7.03. The molecule has 0 amide bonds. The van der Waals surface area contributed by atoms with Gasteiger partial charge in [0.1, 0.15) is 0 Å². The molecule has 0 radical (unpaired) electrons. The average Bonchev–Trinajstić information content (AvgIpc) is 3.26. The minimum Gasteiger partial charge on any atom is -0.399 e. The largest absolute Gasteiger partial charge is 0.449 e. The summed E-state index contributed by atoms with van der Waals surface area (Å²) >= 11 is 0. The first-order valence-corrected chi connectivity index (χ1v) is 7.22. The number of nitrogen functional groups attached to an aromatic ring is 1. The highest BCUT2D eigenvalue weighted by Crippen LogP contribution is 2.62. The first-order chi connectivity index (χ1) is 9.89. The third kappa shape index (κ3) is 2.08. The van der Waals surface area contributed by atoms with Gasteiger partial charge in [0.05, 0.1) is 11.0 Å². The van der Waals surface area contributed by atoms with Crippen LogP contribution in [-0.4, -0.2) is 9.55 Å². The molecular weight excluding hydrogens is 279 g/mol. The lowest BCUT2D eigenvalue weighted by atomic mass is 10.0. The van der Waals surface area contributed by atoms with Crippen LogP contribution in [0.1, 0.15) is 31.5 Å². The van der Waals surface area contributed by atoms with Crippen LogP contribution in [0.5, 0.6) is 0 Å². The summed E-state index contributed by atoms with van der Waals surface area (Å²) < 4.78 is 41.2. The molecule has 0 aliphatic heterocycles. The SMILES string of the molecule is Nc1ccc2c(c1)nc(C(F)(F)F)n2CC1(C2CC2)CC1. The van der Waals surface area contributed by atoms with Crippen LogP contribution in [0.25, 0.3) is 11.0 Å². The van der Waals surface area contributed by atoms with Crippen molar-refractivity contribution in [1.29, 1.82) is 0 Å². The van der Waals surface area contributed by atoms with E-state index in [2.05, 4.69) is 4.98 Å². The molecule has 6 heteroatoms. The summed E-state index contributed by atoms with van der Waals surface area (Å²) in [7, 11) is 0. The van der Waals surface area contributed by atoms with Gasteiger partial charge in [0.2, 0.25) is 5.82 Å². The molecule has 2 aliphatic rings. The van der Waals surface area contributed by atoms with Crippen molar-refractivity contribution in [2.24, 2.45) is 11.3 Å². The molecule has 1 heterocycles. The van der Waals surface area contributed by atoms with Crippen LogP contribution in [0.4, 0.5) is 18.9 Å². The number of halogens is 3. The van der Waals surface area contributed by atoms with Crippen molar-refractivity contribution in [3.05, 3.63) is 24.0 Å². The number of imidazole rings is 1. The highest BCUT2D eigenvalue weighted by molar-refractivity contribution is 5.79. The number of rotatable bonds is 3. The second kappa shape index (κ2) is 3.93. The van der Waals surface area contributed by atoms with E-state index >= 15 is 0 Å². The number of hydrogen-bond acceptors (Lipinski definition) is 2. The molecule has 4 rings (SSSR count). The molecule has 21 heavy (non-hydrogen) atoms. The van der Waals surface area contributed by atoms with Crippen LogP contribution >= 0.6 is 0 Å². The zero-order valence-electron chi connectivity index (χ0n) is 11.5. The third-order valence-corrected chi connectivity index (χ3v) is 4.83. The molecule has 2 aromatic rings. The van der Waals surface area contributed by atoms with Gasteiger partial charge in [0.25, 0.3) is 0 Å². The average molecular weight is 295 g/mol. The number of hydrogen-bond donors (Lipinski definition) is 1. The van der Waals surface area contributed by atoms with Crippen LogP contribution in [0.15, 0.2) is 18.2 Å². The first kappa shape index (κ1) is 13.0. The molecule has 0 saturated heterocycles. The van der Waals surface area contributed by atoms with E-state index in [1.807, 2.05) is 0 Å². The second-order valence-corrected chi connectivity index (χ2v) is 6.40. The molecule has 1 aromatic heterocycles. The Morgan fingerprint density at radius 1 is 1.29 bits per heavy atom. The normalized spacial score (nSPS) is 20.9. The Bertz CT molecular complexity index is 709. The van der Waals surface area contributed by atoms with Crippen LogP contribution in [0.3, 0.4) is 0 Å². The maximum Gasteiger partial charge on any atom is 0.449 e. The van der Waals surface area contributed by atoms with Crippen molar-refractivity contribution < 1.29 is 13.2 Å². The molecule has 1 aromatic carbocycles.